The Morgan fingerprint density at radius 1 is 0.622 bits per heavy atom. The molecule has 13 nitrogen and oxygen atoms in total. The first kappa shape index (κ1) is 36.1. The average Bonchev–Trinajstić information content (AvgIpc) is 2.87. The van der Waals surface area contributed by atoms with Crippen LogP contribution in [-0.2, 0) is 19.2 Å². The first-order valence-electron chi connectivity index (χ1n) is 12.2. The number of amides is 3. The summed E-state index contributed by atoms with van der Waals surface area (Å²) in [5, 5.41) is 26.0. The lowest BCUT2D eigenvalue weighted by Gasteiger charge is -2.25. The number of carboxylic acids is 1. The number of carbonyl (C=O) groups excluding carboxylic acids is 3. The molecule has 4 atom stereocenters. The van der Waals surface area contributed by atoms with Gasteiger partial charge in [-0.15, -0.1) is 0 Å². The van der Waals surface area contributed by atoms with E-state index in [0.717, 1.165) is 25.8 Å². The van der Waals surface area contributed by atoms with Gasteiger partial charge in [-0.05, 0) is 51.4 Å². The topological polar surface area (TPSA) is 207 Å². The molecule has 216 valence electrons. The predicted octanol–water partition coefficient (Wildman–Crippen LogP) is 0.0544. The average molecular weight is 726 g/mol. The Morgan fingerprint density at radius 2 is 1.00 bits per heavy atom. The highest BCUT2D eigenvalue weighted by atomic mass is 79.9. The second-order valence-electron chi connectivity index (χ2n) is 8.45. The van der Waals surface area contributed by atoms with E-state index in [9.17, 15) is 24.3 Å². The molecule has 0 rings (SSSR count). The maximum Gasteiger partial charge on any atom is 0.328 e. The van der Waals surface area contributed by atoms with Crippen LogP contribution in [0, 0.1) is 0 Å². The van der Waals surface area contributed by atoms with Gasteiger partial charge in [-0.3, -0.25) is 27.4 Å². The van der Waals surface area contributed by atoms with E-state index >= 15 is 0 Å². The minimum Gasteiger partial charge on any atom is -0.480 e. The van der Waals surface area contributed by atoms with Crippen molar-refractivity contribution in [2.24, 2.45) is 5.73 Å². The Bertz CT molecular complexity index is 681. The summed E-state index contributed by atoms with van der Waals surface area (Å²) in [5.74, 6) is -3.14. The molecule has 0 saturated heterocycles. The van der Waals surface area contributed by atoms with Gasteiger partial charge in [0, 0.05) is 68.1 Å². The van der Waals surface area contributed by atoms with Crippen LogP contribution in [-0.4, -0.2) is 84.3 Å². The number of aliphatic carboxylic acids is 1. The molecule has 0 radical (unpaired) electrons. The van der Waals surface area contributed by atoms with Crippen LogP contribution in [0.15, 0.2) is 0 Å². The van der Waals surface area contributed by atoms with E-state index in [1.54, 1.807) is 0 Å². The Hall–Kier alpha value is -0.880. The second-order valence-corrected chi connectivity index (χ2v) is 10.1. The number of halogens is 3. The molecule has 0 heterocycles. The van der Waals surface area contributed by atoms with Crippen molar-refractivity contribution in [1.29, 1.82) is 0 Å². The second kappa shape index (κ2) is 23.0. The molecular weight excluding hydrogens is 686 g/mol. The van der Waals surface area contributed by atoms with E-state index in [4.69, 9.17) is 10.8 Å². The van der Waals surface area contributed by atoms with E-state index in [0.29, 0.717) is 45.2 Å². The Labute approximate surface area is 243 Å². The van der Waals surface area contributed by atoms with E-state index in [1.165, 1.54) is 0 Å². The summed E-state index contributed by atoms with van der Waals surface area (Å²) in [6.45, 7) is 1.22. The standard InChI is InChI=1S/C21H40Br3N7O6/c22-26-10-4-1-7-14(25)18(33)29-15(8-2-5-11-27-23)19(34)30-16(9-3-6-12-28-24)20(35)31-17(13-32)21(36)37/h14-17,26-28,32H,1-13,25H2,(H,29,33)(H,30,34)(H,31,35)(H,36,37)/t14-,15-,16-,17-/m0/s1. The molecule has 10 N–H and O–H groups in total. The minimum absolute atomic E-state index is 0.235. The maximum absolute atomic E-state index is 13.2. The van der Waals surface area contributed by atoms with Crippen LogP contribution in [0.2, 0.25) is 0 Å². The SMILES string of the molecule is N[C@@H](CCCCNBr)C(=O)N[C@@H](CCCCNBr)C(=O)N[C@@H](CCCCNBr)C(=O)N[C@@H](CO)C(=O)O. The number of aliphatic hydroxyl groups is 1. The highest BCUT2D eigenvalue weighted by Gasteiger charge is 2.29. The molecule has 0 spiro atoms. The van der Waals surface area contributed by atoms with Crippen LogP contribution in [0.5, 0.6) is 0 Å². The lowest BCUT2D eigenvalue weighted by molar-refractivity contribution is -0.143. The third-order valence-corrected chi connectivity index (χ3v) is 6.65. The minimum atomic E-state index is -1.50. The van der Waals surface area contributed by atoms with Crippen molar-refractivity contribution in [3.8, 4) is 0 Å². The number of carboxylic acid groups (broad SMARTS) is 1. The van der Waals surface area contributed by atoms with Crippen LogP contribution in [0.4, 0.5) is 0 Å². The molecule has 0 saturated carbocycles. The van der Waals surface area contributed by atoms with Gasteiger partial charge < -0.3 is 31.9 Å². The van der Waals surface area contributed by atoms with Crippen LogP contribution in [0.1, 0.15) is 57.8 Å². The molecule has 0 bridgehead atoms. The largest absolute Gasteiger partial charge is 0.480 e. The van der Waals surface area contributed by atoms with Gasteiger partial charge in [0.1, 0.15) is 18.1 Å². The van der Waals surface area contributed by atoms with E-state index in [2.05, 4.69) is 77.4 Å². The van der Waals surface area contributed by atoms with Gasteiger partial charge in [0.25, 0.3) is 0 Å². The number of carbonyl (C=O) groups is 4. The Kier molecular flexibility index (Phi) is 22.5. The van der Waals surface area contributed by atoms with Gasteiger partial charge >= 0.3 is 5.97 Å². The molecule has 16 heteroatoms. The molecule has 0 aromatic carbocycles. The quantitative estimate of drug-likeness (QED) is 0.0511. The summed E-state index contributed by atoms with van der Waals surface area (Å²) in [6, 6.07) is -4.26. The fourth-order valence-corrected chi connectivity index (χ4v) is 4.16. The monoisotopic (exact) mass is 723 g/mol. The zero-order chi connectivity index (χ0) is 28.1. The number of aliphatic hydroxyl groups excluding tert-OH is 1. The van der Waals surface area contributed by atoms with Gasteiger partial charge in [0.05, 0.1) is 12.6 Å². The van der Waals surface area contributed by atoms with E-state index in [1.807, 2.05) is 0 Å². The highest BCUT2D eigenvalue weighted by Crippen LogP contribution is 2.08. The molecular formula is C21H40Br3N7O6. The van der Waals surface area contributed by atoms with Gasteiger partial charge in [-0.1, -0.05) is 6.42 Å². The van der Waals surface area contributed by atoms with E-state index in [-0.39, 0.29) is 6.42 Å². The van der Waals surface area contributed by atoms with Crippen molar-refractivity contribution in [3.05, 3.63) is 0 Å². The maximum atomic E-state index is 13.2. The van der Waals surface area contributed by atoms with Crippen LogP contribution >= 0.6 is 48.4 Å². The molecule has 0 fully saturated rings. The summed E-state index contributed by atoms with van der Waals surface area (Å²) in [7, 11) is 0. The smallest absolute Gasteiger partial charge is 0.328 e. The fraction of sp³-hybridized carbons (Fsp3) is 0.810. The number of nitrogens with two attached hydrogens (primary N) is 1. The first-order valence-corrected chi connectivity index (χ1v) is 14.6. The third kappa shape index (κ3) is 17.4. The lowest BCUT2D eigenvalue weighted by atomic mass is 10.0. The first-order chi connectivity index (χ1) is 17.7. The van der Waals surface area contributed by atoms with Gasteiger partial charge in [0.2, 0.25) is 17.7 Å². The summed E-state index contributed by atoms with van der Waals surface area (Å²) in [4.78, 5) is 49.9. The van der Waals surface area contributed by atoms with Crippen molar-refractivity contribution in [2.45, 2.75) is 82.0 Å². The van der Waals surface area contributed by atoms with Crippen molar-refractivity contribution in [2.75, 3.05) is 26.2 Å². The van der Waals surface area contributed by atoms with Gasteiger partial charge in [0.15, 0.2) is 0 Å². The molecule has 0 aliphatic rings. The lowest BCUT2D eigenvalue weighted by Crippen LogP contribution is -2.57. The molecule has 3 amide bonds. The fourth-order valence-electron chi connectivity index (χ4n) is 3.31. The third-order valence-electron chi connectivity index (χ3n) is 5.46. The molecule has 0 aliphatic carbocycles. The summed E-state index contributed by atoms with van der Waals surface area (Å²) in [6.07, 6.45) is 5.14. The van der Waals surface area contributed by atoms with E-state index < -0.39 is 54.5 Å². The molecule has 0 unspecified atom stereocenters. The van der Waals surface area contributed by atoms with Crippen LogP contribution in [0.3, 0.4) is 0 Å². The highest BCUT2D eigenvalue weighted by molar-refractivity contribution is 9.08. The number of hydrogen-bond acceptors (Lipinski definition) is 9. The Morgan fingerprint density at radius 3 is 1.38 bits per heavy atom. The van der Waals surface area contributed by atoms with Crippen molar-refractivity contribution < 1.29 is 29.4 Å². The number of hydrogen-bond donors (Lipinski definition) is 9. The predicted molar refractivity (Wildman–Crippen MR) is 151 cm³/mol. The summed E-state index contributed by atoms with van der Waals surface area (Å²) in [5.41, 5.74) is 6.02. The summed E-state index contributed by atoms with van der Waals surface area (Å²) >= 11 is 9.34. The number of nitrogens with one attached hydrogen (secondary N) is 6. The number of rotatable bonds is 23. The van der Waals surface area contributed by atoms with Crippen LogP contribution < -0.4 is 34.7 Å². The van der Waals surface area contributed by atoms with Crippen molar-refractivity contribution in [3.63, 3.8) is 0 Å². The van der Waals surface area contributed by atoms with Gasteiger partial charge in [-0.2, -0.15) is 0 Å². The molecule has 0 aromatic heterocycles. The normalized spacial score (nSPS) is 14.3. The summed E-state index contributed by atoms with van der Waals surface area (Å²) < 4.78 is 8.50. The van der Waals surface area contributed by atoms with Crippen LogP contribution in [0.25, 0.3) is 0 Å². The zero-order valence-corrected chi connectivity index (χ0v) is 25.5. The molecule has 0 aromatic rings. The number of unbranched alkanes of at least 4 members (excludes halogenated alkanes) is 3. The Balaban J connectivity index is 5.39. The van der Waals surface area contributed by atoms with Crippen molar-refractivity contribution >= 4 is 72.1 Å². The van der Waals surface area contributed by atoms with Crippen molar-refractivity contribution in [1.82, 2.24) is 29.0 Å². The molecule has 0 aliphatic heterocycles. The van der Waals surface area contributed by atoms with Gasteiger partial charge in [-0.25, -0.2) is 4.79 Å². The molecule has 37 heavy (non-hydrogen) atoms. The zero-order valence-electron chi connectivity index (χ0n) is 20.7.